The third-order valence-corrected chi connectivity index (χ3v) is 4.36. The molecule has 3 rings (SSSR count). The number of thioether (sulfide) groups is 1. The fourth-order valence-electron chi connectivity index (χ4n) is 2.20. The van der Waals surface area contributed by atoms with Crippen LogP contribution in [0.25, 0.3) is 5.78 Å². The van der Waals surface area contributed by atoms with Crippen molar-refractivity contribution in [2.75, 3.05) is 11.1 Å². The normalized spacial score (nSPS) is 11.0. The van der Waals surface area contributed by atoms with Crippen LogP contribution in [0.15, 0.2) is 29.4 Å². The molecular weight excluding hydrogens is 353 g/mol. The SMILES string of the molecule is Cc1cc(C)n2c(SCC(=O)Nc3ccc(Cl)cc3F)nnc2n1. The highest BCUT2D eigenvalue weighted by Gasteiger charge is 2.13. The summed E-state index contributed by atoms with van der Waals surface area (Å²) in [5.41, 5.74) is 1.86. The van der Waals surface area contributed by atoms with Gasteiger partial charge in [-0.3, -0.25) is 9.20 Å². The number of nitrogens with zero attached hydrogens (tertiary/aromatic N) is 4. The summed E-state index contributed by atoms with van der Waals surface area (Å²) in [6, 6.07) is 5.98. The van der Waals surface area contributed by atoms with E-state index >= 15 is 0 Å². The summed E-state index contributed by atoms with van der Waals surface area (Å²) < 4.78 is 15.5. The number of hydrogen-bond donors (Lipinski definition) is 1. The van der Waals surface area contributed by atoms with Gasteiger partial charge in [0.1, 0.15) is 5.82 Å². The van der Waals surface area contributed by atoms with Crippen molar-refractivity contribution in [3.63, 3.8) is 0 Å². The number of aryl methyl sites for hydroxylation is 2. The number of carbonyl (C=O) groups is 1. The molecule has 0 atom stereocenters. The molecule has 6 nitrogen and oxygen atoms in total. The molecule has 0 aliphatic rings. The smallest absolute Gasteiger partial charge is 0.256 e. The first-order valence-corrected chi connectivity index (χ1v) is 8.37. The third-order valence-electron chi connectivity index (χ3n) is 3.20. The molecule has 0 radical (unpaired) electrons. The summed E-state index contributed by atoms with van der Waals surface area (Å²) in [5, 5.41) is 11.4. The van der Waals surface area contributed by atoms with Crippen LogP contribution in [0.2, 0.25) is 5.02 Å². The van der Waals surface area contributed by atoms with Crippen LogP contribution in [0, 0.1) is 19.7 Å². The summed E-state index contributed by atoms with van der Waals surface area (Å²) in [6.45, 7) is 3.79. The van der Waals surface area contributed by atoms with Crippen molar-refractivity contribution in [3.8, 4) is 0 Å². The van der Waals surface area contributed by atoms with E-state index in [1.807, 2.05) is 19.9 Å². The molecule has 24 heavy (non-hydrogen) atoms. The van der Waals surface area contributed by atoms with Gasteiger partial charge in [0.05, 0.1) is 11.4 Å². The van der Waals surface area contributed by atoms with Crippen molar-refractivity contribution in [3.05, 3.63) is 46.5 Å². The van der Waals surface area contributed by atoms with E-state index in [1.54, 1.807) is 4.40 Å². The summed E-state index contributed by atoms with van der Waals surface area (Å²) in [4.78, 5) is 16.3. The summed E-state index contributed by atoms with van der Waals surface area (Å²) in [6.07, 6.45) is 0. The van der Waals surface area contributed by atoms with Crippen LogP contribution in [-0.4, -0.2) is 31.2 Å². The second-order valence-corrected chi connectivity index (χ2v) is 6.50. The second kappa shape index (κ2) is 6.74. The van der Waals surface area contributed by atoms with E-state index in [0.717, 1.165) is 17.5 Å². The Balaban J connectivity index is 1.70. The molecular formula is C15H13ClFN5OS. The molecule has 0 bridgehead atoms. The van der Waals surface area contributed by atoms with E-state index in [9.17, 15) is 9.18 Å². The number of halogens is 2. The number of hydrogen-bond acceptors (Lipinski definition) is 5. The molecule has 9 heteroatoms. The average molecular weight is 366 g/mol. The fraction of sp³-hybridized carbons (Fsp3) is 0.200. The first kappa shape index (κ1) is 16.7. The van der Waals surface area contributed by atoms with Crippen molar-refractivity contribution >= 4 is 40.7 Å². The Morgan fingerprint density at radius 2 is 2.12 bits per heavy atom. The van der Waals surface area contributed by atoms with Gasteiger partial charge in [-0.2, -0.15) is 0 Å². The lowest BCUT2D eigenvalue weighted by Crippen LogP contribution is -2.15. The maximum Gasteiger partial charge on any atom is 0.256 e. The number of amides is 1. The maximum absolute atomic E-state index is 13.7. The minimum absolute atomic E-state index is 0.0657. The minimum atomic E-state index is -0.579. The first-order valence-electron chi connectivity index (χ1n) is 7.01. The fourth-order valence-corrected chi connectivity index (χ4v) is 3.15. The Hall–Kier alpha value is -2.19. The van der Waals surface area contributed by atoms with Gasteiger partial charge in [0.2, 0.25) is 5.91 Å². The molecule has 0 unspecified atom stereocenters. The Bertz CT molecular complexity index is 930. The van der Waals surface area contributed by atoms with Crippen LogP contribution >= 0.6 is 23.4 Å². The van der Waals surface area contributed by atoms with E-state index in [2.05, 4.69) is 20.5 Å². The van der Waals surface area contributed by atoms with E-state index in [0.29, 0.717) is 10.9 Å². The second-order valence-electron chi connectivity index (χ2n) is 5.12. The lowest BCUT2D eigenvalue weighted by Gasteiger charge is -2.07. The number of carbonyl (C=O) groups excluding carboxylic acids is 1. The monoisotopic (exact) mass is 365 g/mol. The third kappa shape index (κ3) is 3.49. The Labute approximate surface area is 146 Å². The van der Waals surface area contributed by atoms with Crippen LogP contribution in [-0.2, 0) is 4.79 Å². The standard InChI is InChI=1S/C15H13ClFN5OS/c1-8-5-9(2)22-14(18-8)20-21-15(22)24-7-13(23)19-12-4-3-10(16)6-11(12)17/h3-6H,7H2,1-2H3,(H,19,23). The minimum Gasteiger partial charge on any atom is -0.323 e. The predicted molar refractivity (Wildman–Crippen MR) is 91.0 cm³/mol. The highest BCUT2D eigenvalue weighted by atomic mass is 35.5. The number of anilines is 1. The van der Waals surface area contributed by atoms with Gasteiger partial charge >= 0.3 is 0 Å². The summed E-state index contributed by atoms with van der Waals surface area (Å²) in [5.74, 6) is -0.380. The van der Waals surface area contributed by atoms with Gasteiger partial charge in [-0.1, -0.05) is 23.4 Å². The maximum atomic E-state index is 13.7. The highest BCUT2D eigenvalue weighted by molar-refractivity contribution is 7.99. The van der Waals surface area contributed by atoms with Crippen LogP contribution in [0.3, 0.4) is 0 Å². The van der Waals surface area contributed by atoms with Gasteiger partial charge in [0, 0.05) is 16.4 Å². The van der Waals surface area contributed by atoms with Gasteiger partial charge in [-0.25, -0.2) is 9.37 Å². The van der Waals surface area contributed by atoms with Crippen molar-refractivity contribution < 1.29 is 9.18 Å². The van der Waals surface area contributed by atoms with E-state index in [4.69, 9.17) is 11.6 Å². The molecule has 1 amide bonds. The van der Waals surface area contributed by atoms with Gasteiger partial charge < -0.3 is 5.32 Å². The first-order chi connectivity index (χ1) is 11.4. The molecule has 0 aliphatic heterocycles. The Morgan fingerprint density at radius 3 is 2.88 bits per heavy atom. The number of rotatable bonds is 4. The quantitative estimate of drug-likeness (QED) is 0.718. The Kier molecular flexibility index (Phi) is 4.68. The van der Waals surface area contributed by atoms with Crippen LogP contribution in [0.1, 0.15) is 11.4 Å². The largest absolute Gasteiger partial charge is 0.323 e. The molecule has 2 aromatic heterocycles. The topological polar surface area (TPSA) is 72.2 Å². The van der Waals surface area contributed by atoms with Gasteiger partial charge in [-0.05, 0) is 38.1 Å². The molecule has 124 valence electrons. The van der Waals surface area contributed by atoms with Gasteiger partial charge in [0.15, 0.2) is 5.16 Å². The van der Waals surface area contributed by atoms with Crippen molar-refractivity contribution in [1.29, 1.82) is 0 Å². The van der Waals surface area contributed by atoms with Crippen molar-refractivity contribution in [2.45, 2.75) is 19.0 Å². The number of nitrogens with one attached hydrogen (secondary N) is 1. The van der Waals surface area contributed by atoms with E-state index in [-0.39, 0.29) is 22.4 Å². The molecule has 0 aliphatic carbocycles. The lowest BCUT2D eigenvalue weighted by molar-refractivity contribution is -0.113. The molecule has 2 heterocycles. The molecule has 1 N–H and O–H groups in total. The molecule has 0 saturated carbocycles. The number of aromatic nitrogens is 4. The Morgan fingerprint density at radius 1 is 1.33 bits per heavy atom. The molecule has 0 fully saturated rings. The zero-order chi connectivity index (χ0) is 17.3. The number of benzene rings is 1. The lowest BCUT2D eigenvalue weighted by atomic mass is 10.3. The van der Waals surface area contributed by atoms with Gasteiger partial charge in [-0.15, -0.1) is 10.2 Å². The summed E-state index contributed by atoms with van der Waals surface area (Å²) in [7, 11) is 0. The molecule has 3 aromatic rings. The molecule has 1 aromatic carbocycles. The van der Waals surface area contributed by atoms with Crippen molar-refractivity contribution in [2.24, 2.45) is 0 Å². The van der Waals surface area contributed by atoms with Crippen LogP contribution in [0.5, 0.6) is 0 Å². The number of fused-ring (bicyclic) bond motifs is 1. The van der Waals surface area contributed by atoms with Crippen LogP contribution < -0.4 is 5.32 Å². The molecule has 0 spiro atoms. The average Bonchev–Trinajstić information content (AvgIpc) is 2.91. The predicted octanol–water partition coefficient (Wildman–Crippen LogP) is 3.26. The van der Waals surface area contributed by atoms with Gasteiger partial charge in [0.25, 0.3) is 5.78 Å². The van der Waals surface area contributed by atoms with Crippen molar-refractivity contribution in [1.82, 2.24) is 19.6 Å². The molecule has 0 saturated heterocycles. The summed E-state index contributed by atoms with van der Waals surface area (Å²) >= 11 is 6.88. The zero-order valence-electron chi connectivity index (χ0n) is 12.9. The highest BCUT2D eigenvalue weighted by Crippen LogP contribution is 2.21. The zero-order valence-corrected chi connectivity index (χ0v) is 14.5. The van der Waals surface area contributed by atoms with Crippen LogP contribution in [0.4, 0.5) is 10.1 Å². The van der Waals surface area contributed by atoms with E-state index in [1.165, 1.54) is 23.9 Å². The van der Waals surface area contributed by atoms with E-state index < -0.39 is 5.82 Å².